The van der Waals surface area contributed by atoms with Crippen molar-refractivity contribution < 1.29 is 4.42 Å². The molecule has 0 aliphatic heterocycles. The van der Waals surface area contributed by atoms with Gasteiger partial charge in [-0.1, -0.05) is 44.2 Å². The van der Waals surface area contributed by atoms with Gasteiger partial charge in [0.05, 0.1) is 16.8 Å². The number of halogens is 1. The molecule has 0 fully saturated rings. The van der Waals surface area contributed by atoms with E-state index < -0.39 is 0 Å². The van der Waals surface area contributed by atoms with Gasteiger partial charge in [0, 0.05) is 5.41 Å². The first-order valence-electron chi connectivity index (χ1n) is 5.82. The highest BCUT2D eigenvalue weighted by Gasteiger charge is 2.34. The number of benzene rings is 1. The Balaban J connectivity index is 2.42. The summed E-state index contributed by atoms with van der Waals surface area (Å²) in [6, 6.07) is 12.0. The molecule has 3 N–H and O–H groups in total. The lowest BCUT2D eigenvalue weighted by atomic mass is 9.77. The molecule has 0 spiro atoms. The van der Waals surface area contributed by atoms with Gasteiger partial charge in [-0.05, 0) is 27.6 Å². The first-order valence-corrected chi connectivity index (χ1v) is 6.61. The molecule has 0 amide bonds. The summed E-state index contributed by atoms with van der Waals surface area (Å²) in [5, 5.41) is 0. The molecule has 1 heterocycles. The van der Waals surface area contributed by atoms with Gasteiger partial charge in [-0.15, -0.1) is 0 Å². The molecule has 0 radical (unpaired) electrons. The van der Waals surface area contributed by atoms with Crippen LogP contribution in [0.3, 0.4) is 0 Å². The summed E-state index contributed by atoms with van der Waals surface area (Å²) in [7, 11) is 0. The van der Waals surface area contributed by atoms with Crippen molar-refractivity contribution in [3.8, 4) is 0 Å². The Morgan fingerprint density at radius 1 is 1.22 bits per heavy atom. The van der Waals surface area contributed by atoms with Crippen LogP contribution >= 0.6 is 15.9 Å². The maximum Gasteiger partial charge on any atom is 0.137 e. The fourth-order valence-electron chi connectivity index (χ4n) is 2.16. The third-order valence-corrected chi connectivity index (χ3v) is 3.97. The third-order valence-electron chi connectivity index (χ3n) is 3.31. The van der Waals surface area contributed by atoms with Crippen LogP contribution in [0, 0.1) is 0 Å². The van der Waals surface area contributed by atoms with E-state index in [0.29, 0.717) is 0 Å². The fraction of sp³-hybridized carbons (Fsp3) is 0.286. The number of furan rings is 1. The SMILES string of the molecule is CC(C)(c1ccccc1)C(NN)c1occc1Br. The van der Waals surface area contributed by atoms with Crippen molar-refractivity contribution in [1.29, 1.82) is 0 Å². The summed E-state index contributed by atoms with van der Waals surface area (Å²) in [5.41, 5.74) is 3.88. The van der Waals surface area contributed by atoms with Gasteiger partial charge in [-0.3, -0.25) is 5.84 Å². The average Bonchev–Trinajstić information content (AvgIpc) is 2.78. The molecule has 3 nitrogen and oxygen atoms in total. The molecule has 0 saturated carbocycles. The summed E-state index contributed by atoms with van der Waals surface area (Å²) in [6.45, 7) is 4.28. The van der Waals surface area contributed by atoms with Crippen LogP contribution in [0.5, 0.6) is 0 Å². The van der Waals surface area contributed by atoms with E-state index in [9.17, 15) is 0 Å². The molecule has 2 aromatic rings. The lowest BCUT2D eigenvalue weighted by Gasteiger charge is -2.33. The zero-order valence-electron chi connectivity index (χ0n) is 10.5. The first kappa shape index (κ1) is 13.3. The largest absolute Gasteiger partial charge is 0.466 e. The van der Waals surface area contributed by atoms with Gasteiger partial charge in [-0.2, -0.15) is 0 Å². The van der Waals surface area contributed by atoms with Crippen molar-refractivity contribution in [2.24, 2.45) is 5.84 Å². The summed E-state index contributed by atoms with van der Waals surface area (Å²) in [4.78, 5) is 0. The number of hydrogen-bond acceptors (Lipinski definition) is 3. The van der Waals surface area contributed by atoms with Crippen LogP contribution in [-0.4, -0.2) is 0 Å². The van der Waals surface area contributed by atoms with Crippen molar-refractivity contribution in [2.45, 2.75) is 25.3 Å². The van der Waals surface area contributed by atoms with Gasteiger partial charge in [0.15, 0.2) is 0 Å². The lowest BCUT2D eigenvalue weighted by molar-refractivity contribution is 0.299. The Labute approximate surface area is 115 Å². The maximum atomic E-state index is 5.73. The van der Waals surface area contributed by atoms with Crippen LogP contribution in [0.15, 0.2) is 51.6 Å². The Hall–Kier alpha value is -1.10. The van der Waals surface area contributed by atoms with E-state index in [2.05, 4.69) is 47.3 Å². The molecule has 0 aliphatic carbocycles. The Morgan fingerprint density at radius 2 is 1.89 bits per heavy atom. The van der Waals surface area contributed by atoms with Crippen molar-refractivity contribution in [2.75, 3.05) is 0 Å². The van der Waals surface area contributed by atoms with Gasteiger partial charge < -0.3 is 4.42 Å². The van der Waals surface area contributed by atoms with Crippen LogP contribution in [0.4, 0.5) is 0 Å². The zero-order chi connectivity index (χ0) is 13.2. The summed E-state index contributed by atoms with van der Waals surface area (Å²) < 4.78 is 6.46. The number of nitrogens with two attached hydrogens (primary N) is 1. The van der Waals surface area contributed by atoms with E-state index in [0.717, 1.165) is 10.2 Å². The minimum absolute atomic E-state index is 0.107. The highest BCUT2D eigenvalue weighted by molar-refractivity contribution is 9.10. The number of hydrazine groups is 1. The molecular weight excluding hydrogens is 292 g/mol. The van der Waals surface area contributed by atoms with Crippen molar-refractivity contribution in [3.05, 3.63) is 58.5 Å². The summed E-state index contributed by atoms with van der Waals surface area (Å²) in [5.74, 6) is 6.54. The smallest absolute Gasteiger partial charge is 0.137 e. The lowest BCUT2D eigenvalue weighted by Crippen LogP contribution is -2.41. The van der Waals surface area contributed by atoms with Gasteiger partial charge in [-0.25, -0.2) is 5.43 Å². The predicted molar refractivity (Wildman–Crippen MR) is 75.9 cm³/mol. The van der Waals surface area contributed by atoms with Crippen LogP contribution in [0.2, 0.25) is 0 Å². The number of nitrogens with one attached hydrogen (secondary N) is 1. The second-order valence-electron chi connectivity index (χ2n) is 4.82. The van der Waals surface area contributed by atoms with E-state index in [-0.39, 0.29) is 11.5 Å². The molecule has 1 aromatic heterocycles. The first-order chi connectivity index (χ1) is 8.57. The molecule has 0 bridgehead atoms. The highest BCUT2D eigenvalue weighted by atomic mass is 79.9. The van der Waals surface area contributed by atoms with Gasteiger partial charge in [0.1, 0.15) is 5.76 Å². The molecule has 18 heavy (non-hydrogen) atoms. The topological polar surface area (TPSA) is 51.2 Å². The van der Waals surface area contributed by atoms with E-state index >= 15 is 0 Å². The third kappa shape index (κ3) is 2.36. The number of rotatable bonds is 4. The summed E-state index contributed by atoms with van der Waals surface area (Å²) >= 11 is 3.48. The Bertz CT molecular complexity index is 508. The maximum absolute atomic E-state index is 5.73. The average molecular weight is 309 g/mol. The molecule has 0 saturated heterocycles. The Kier molecular flexibility index (Phi) is 3.90. The molecule has 4 heteroatoms. The minimum atomic E-state index is -0.184. The van der Waals surface area contributed by atoms with Gasteiger partial charge >= 0.3 is 0 Å². The monoisotopic (exact) mass is 308 g/mol. The Morgan fingerprint density at radius 3 is 2.39 bits per heavy atom. The second-order valence-corrected chi connectivity index (χ2v) is 5.67. The summed E-state index contributed by atoms with van der Waals surface area (Å²) in [6.07, 6.45) is 1.66. The number of hydrogen-bond donors (Lipinski definition) is 2. The molecular formula is C14H17BrN2O. The minimum Gasteiger partial charge on any atom is -0.466 e. The molecule has 1 unspecified atom stereocenters. The predicted octanol–water partition coefficient (Wildman–Crippen LogP) is 3.52. The van der Waals surface area contributed by atoms with E-state index in [1.807, 2.05) is 24.3 Å². The van der Waals surface area contributed by atoms with Crippen molar-refractivity contribution in [3.63, 3.8) is 0 Å². The molecule has 1 atom stereocenters. The molecule has 0 aliphatic rings. The molecule has 2 rings (SSSR count). The van der Waals surface area contributed by atoms with Crippen molar-refractivity contribution in [1.82, 2.24) is 5.43 Å². The highest BCUT2D eigenvalue weighted by Crippen LogP contribution is 2.39. The molecule has 96 valence electrons. The molecule has 1 aromatic carbocycles. The van der Waals surface area contributed by atoms with E-state index in [1.54, 1.807) is 6.26 Å². The quantitative estimate of drug-likeness (QED) is 0.671. The van der Waals surface area contributed by atoms with Crippen LogP contribution < -0.4 is 11.3 Å². The van der Waals surface area contributed by atoms with E-state index in [1.165, 1.54) is 5.56 Å². The standard InChI is InChI=1S/C14H17BrN2O/c1-14(2,10-6-4-3-5-7-10)13(17-16)12-11(15)8-9-18-12/h3-9,13,17H,16H2,1-2H3. The van der Waals surface area contributed by atoms with Crippen LogP contribution in [-0.2, 0) is 5.41 Å². The van der Waals surface area contributed by atoms with E-state index in [4.69, 9.17) is 10.3 Å². The van der Waals surface area contributed by atoms with Gasteiger partial charge in [0.25, 0.3) is 0 Å². The zero-order valence-corrected chi connectivity index (χ0v) is 12.1. The van der Waals surface area contributed by atoms with Gasteiger partial charge in [0.2, 0.25) is 0 Å². The fourth-order valence-corrected chi connectivity index (χ4v) is 2.59. The van der Waals surface area contributed by atoms with Crippen molar-refractivity contribution >= 4 is 15.9 Å². The normalized spacial score (nSPS) is 13.6. The second kappa shape index (κ2) is 5.26. The van der Waals surface area contributed by atoms with Crippen LogP contribution in [0.25, 0.3) is 0 Å². The van der Waals surface area contributed by atoms with Crippen LogP contribution in [0.1, 0.15) is 31.2 Å².